The first-order valence-corrected chi connectivity index (χ1v) is 5.72. The summed E-state index contributed by atoms with van der Waals surface area (Å²) in [6.07, 6.45) is 1.38. The number of rotatable bonds is 2. The third kappa shape index (κ3) is 1.50. The van der Waals surface area contributed by atoms with Crippen molar-refractivity contribution in [1.82, 2.24) is 4.31 Å². The van der Waals surface area contributed by atoms with Crippen LogP contribution in [0, 0.1) is 0 Å². The third-order valence-corrected chi connectivity index (χ3v) is 3.77. The summed E-state index contributed by atoms with van der Waals surface area (Å²) >= 11 is 0. The summed E-state index contributed by atoms with van der Waals surface area (Å²) in [5, 5.41) is 0. The first-order valence-electron chi connectivity index (χ1n) is 4.28. The van der Waals surface area contributed by atoms with Crippen molar-refractivity contribution in [3.8, 4) is 0 Å². The predicted molar refractivity (Wildman–Crippen MR) is 53.7 cm³/mol. The van der Waals surface area contributed by atoms with Gasteiger partial charge >= 0.3 is 0 Å². The van der Waals surface area contributed by atoms with Crippen LogP contribution in [0.2, 0.25) is 0 Å². The molecule has 0 saturated carbocycles. The number of sulfonamides is 1. The van der Waals surface area contributed by atoms with E-state index >= 15 is 0 Å². The first kappa shape index (κ1) is 9.21. The molecule has 1 aliphatic rings. The van der Waals surface area contributed by atoms with Gasteiger partial charge in [-0.2, -0.15) is 0 Å². The molecule has 0 saturated heterocycles. The molecule has 0 atom stereocenters. The summed E-state index contributed by atoms with van der Waals surface area (Å²) in [4.78, 5) is 4.19. The first-order chi connectivity index (χ1) is 6.71. The van der Waals surface area contributed by atoms with Gasteiger partial charge in [0.1, 0.15) is 0 Å². The Morgan fingerprint density at radius 1 is 1.21 bits per heavy atom. The Kier molecular flexibility index (Phi) is 2.25. The maximum Gasteiger partial charge on any atom is 0.265 e. The van der Waals surface area contributed by atoms with Gasteiger partial charge in [-0.1, -0.05) is 18.2 Å². The zero-order chi connectivity index (χ0) is 10.0. The van der Waals surface area contributed by atoms with Crippen molar-refractivity contribution in [3.05, 3.63) is 30.3 Å². The van der Waals surface area contributed by atoms with Crippen LogP contribution in [-0.4, -0.2) is 32.2 Å². The molecule has 0 spiro atoms. The molecule has 1 heterocycles. The number of nitrogens with zero attached hydrogens (tertiary/aromatic N) is 2. The van der Waals surface area contributed by atoms with Crippen molar-refractivity contribution >= 4 is 16.4 Å². The fourth-order valence-corrected chi connectivity index (χ4v) is 2.56. The zero-order valence-electron chi connectivity index (χ0n) is 7.50. The largest absolute Gasteiger partial charge is 0.273 e. The van der Waals surface area contributed by atoms with Gasteiger partial charge in [-0.05, 0) is 12.1 Å². The molecule has 14 heavy (non-hydrogen) atoms. The molecule has 0 amide bonds. The van der Waals surface area contributed by atoms with Crippen molar-refractivity contribution in [1.29, 1.82) is 0 Å². The lowest BCUT2D eigenvalue weighted by Crippen LogP contribution is -2.27. The molecule has 0 unspecified atom stereocenters. The third-order valence-electron chi connectivity index (χ3n) is 2.01. The summed E-state index contributed by atoms with van der Waals surface area (Å²) < 4.78 is 25.0. The minimum atomic E-state index is -3.35. The summed E-state index contributed by atoms with van der Waals surface area (Å²) in [6, 6.07) is 8.38. The maximum atomic E-state index is 11.9. The Labute approximate surface area is 82.9 Å². The van der Waals surface area contributed by atoms with Gasteiger partial charge in [0.05, 0.1) is 24.3 Å². The van der Waals surface area contributed by atoms with Crippen LogP contribution in [0.1, 0.15) is 0 Å². The molecule has 2 rings (SSSR count). The average Bonchev–Trinajstić information content (AvgIpc) is 2.72. The predicted octanol–water partition coefficient (Wildman–Crippen LogP) is 0.719. The second-order valence-corrected chi connectivity index (χ2v) is 4.84. The van der Waals surface area contributed by atoms with Gasteiger partial charge in [0.2, 0.25) is 0 Å². The van der Waals surface area contributed by atoms with E-state index in [1.165, 1.54) is 10.6 Å². The fourth-order valence-electron chi connectivity index (χ4n) is 1.27. The molecule has 5 heteroatoms. The lowest BCUT2D eigenvalue weighted by molar-refractivity contribution is 0.541. The van der Waals surface area contributed by atoms with E-state index in [0.717, 1.165) is 0 Å². The SMILES string of the molecule is O=S(=O)(c1ccccc1)N1C=NCC1. The van der Waals surface area contributed by atoms with E-state index in [0.29, 0.717) is 18.0 Å². The number of aliphatic imine (C=N–C) groups is 1. The Morgan fingerprint density at radius 3 is 2.50 bits per heavy atom. The van der Waals surface area contributed by atoms with Crippen LogP contribution < -0.4 is 0 Å². The Morgan fingerprint density at radius 2 is 1.93 bits per heavy atom. The molecule has 0 aliphatic carbocycles. The second-order valence-electron chi connectivity index (χ2n) is 2.95. The van der Waals surface area contributed by atoms with Crippen molar-refractivity contribution in [2.24, 2.45) is 4.99 Å². The number of benzene rings is 1. The molecule has 0 bridgehead atoms. The lowest BCUT2D eigenvalue weighted by Gasteiger charge is -2.13. The summed E-state index contributed by atoms with van der Waals surface area (Å²) in [5.74, 6) is 0. The molecular weight excluding hydrogens is 200 g/mol. The van der Waals surface area contributed by atoms with E-state index in [2.05, 4.69) is 4.99 Å². The highest BCUT2D eigenvalue weighted by atomic mass is 32.2. The lowest BCUT2D eigenvalue weighted by atomic mass is 10.4. The van der Waals surface area contributed by atoms with Gasteiger partial charge in [-0.25, -0.2) is 8.42 Å². The van der Waals surface area contributed by atoms with E-state index in [4.69, 9.17) is 0 Å². The Balaban J connectivity index is 2.38. The van der Waals surface area contributed by atoms with E-state index < -0.39 is 10.0 Å². The standard InChI is InChI=1S/C9H10N2O2S/c12-14(13,11-7-6-10-8-11)9-4-2-1-3-5-9/h1-5,8H,6-7H2. The normalized spacial score (nSPS) is 16.1. The van der Waals surface area contributed by atoms with Gasteiger partial charge in [-0.3, -0.25) is 9.30 Å². The zero-order valence-corrected chi connectivity index (χ0v) is 8.31. The van der Waals surface area contributed by atoms with E-state index in [1.807, 2.05) is 0 Å². The average molecular weight is 210 g/mol. The highest BCUT2D eigenvalue weighted by Crippen LogP contribution is 2.14. The molecule has 4 nitrogen and oxygen atoms in total. The van der Waals surface area contributed by atoms with Crippen LogP contribution in [0.4, 0.5) is 0 Å². The minimum absolute atomic E-state index is 0.313. The Hall–Kier alpha value is -1.36. The molecule has 74 valence electrons. The van der Waals surface area contributed by atoms with E-state index in [-0.39, 0.29) is 0 Å². The van der Waals surface area contributed by atoms with Crippen LogP contribution in [-0.2, 0) is 10.0 Å². The highest BCUT2D eigenvalue weighted by molar-refractivity contribution is 7.89. The van der Waals surface area contributed by atoms with E-state index in [1.54, 1.807) is 30.3 Å². The number of hydrogen-bond donors (Lipinski definition) is 0. The van der Waals surface area contributed by atoms with Crippen LogP contribution >= 0.6 is 0 Å². The van der Waals surface area contributed by atoms with Crippen molar-refractivity contribution < 1.29 is 8.42 Å². The molecule has 1 aromatic carbocycles. The minimum Gasteiger partial charge on any atom is -0.273 e. The summed E-state index contributed by atoms with van der Waals surface area (Å²) in [5.41, 5.74) is 0. The van der Waals surface area contributed by atoms with Gasteiger partial charge in [0, 0.05) is 0 Å². The molecule has 1 aliphatic heterocycles. The monoisotopic (exact) mass is 210 g/mol. The topological polar surface area (TPSA) is 49.7 Å². The van der Waals surface area contributed by atoms with Crippen molar-refractivity contribution in [2.75, 3.05) is 13.1 Å². The maximum absolute atomic E-state index is 11.9. The van der Waals surface area contributed by atoms with Gasteiger partial charge < -0.3 is 0 Å². The summed E-state index contributed by atoms with van der Waals surface area (Å²) in [7, 11) is -3.35. The second kappa shape index (κ2) is 3.42. The number of hydrogen-bond acceptors (Lipinski definition) is 3. The van der Waals surface area contributed by atoms with Crippen LogP contribution in [0.5, 0.6) is 0 Å². The fraction of sp³-hybridized carbons (Fsp3) is 0.222. The van der Waals surface area contributed by atoms with Gasteiger partial charge in [0.25, 0.3) is 10.0 Å². The summed E-state index contributed by atoms with van der Waals surface area (Å²) in [6.45, 7) is 0.989. The molecule has 0 radical (unpaired) electrons. The smallest absolute Gasteiger partial charge is 0.265 e. The van der Waals surface area contributed by atoms with Crippen molar-refractivity contribution in [3.63, 3.8) is 0 Å². The molecule has 0 aromatic heterocycles. The van der Waals surface area contributed by atoms with Gasteiger partial charge in [0.15, 0.2) is 0 Å². The van der Waals surface area contributed by atoms with Gasteiger partial charge in [-0.15, -0.1) is 0 Å². The molecule has 1 aromatic rings. The Bertz CT molecular complexity index is 439. The van der Waals surface area contributed by atoms with Crippen LogP contribution in [0.15, 0.2) is 40.2 Å². The van der Waals surface area contributed by atoms with Crippen LogP contribution in [0.25, 0.3) is 0 Å². The van der Waals surface area contributed by atoms with Crippen LogP contribution in [0.3, 0.4) is 0 Å². The molecular formula is C9H10N2O2S. The quantitative estimate of drug-likeness (QED) is 0.722. The highest BCUT2D eigenvalue weighted by Gasteiger charge is 2.23. The van der Waals surface area contributed by atoms with E-state index in [9.17, 15) is 8.42 Å². The molecule has 0 N–H and O–H groups in total. The molecule has 0 fully saturated rings. The van der Waals surface area contributed by atoms with Crippen molar-refractivity contribution in [2.45, 2.75) is 4.90 Å².